The second-order valence-electron chi connectivity index (χ2n) is 5.25. The highest BCUT2D eigenvalue weighted by molar-refractivity contribution is 5.77. The van der Waals surface area contributed by atoms with E-state index in [0.717, 1.165) is 5.69 Å². The van der Waals surface area contributed by atoms with Crippen LogP contribution in [0.4, 0.5) is 4.39 Å². The number of nitrogens with zero attached hydrogens (tertiary/aromatic N) is 3. The van der Waals surface area contributed by atoms with Gasteiger partial charge in [-0.1, -0.05) is 17.3 Å². The molecule has 1 aromatic heterocycles. The Bertz CT molecular complexity index is 704. The summed E-state index contributed by atoms with van der Waals surface area (Å²) < 4.78 is 25.6. The fourth-order valence-electron chi connectivity index (χ4n) is 2.46. The van der Waals surface area contributed by atoms with Crippen molar-refractivity contribution in [2.45, 2.75) is 19.3 Å². The number of methoxy groups -OCH3 is 1. The zero-order valence-electron chi connectivity index (χ0n) is 12.7. The molecule has 0 fully saturated rings. The van der Waals surface area contributed by atoms with Gasteiger partial charge >= 0.3 is 0 Å². The van der Waals surface area contributed by atoms with E-state index in [9.17, 15) is 9.18 Å². The van der Waals surface area contributed by atoms with Gasteiger partial charge in [-0.2, -0.15) is 0 Å². The Balaban J connectivity index is 1.68. The number of aromatic nitrogens is 3. The molecule has 1 aromatic carbocycles. The summed E-state index contributed by atoms with van der Waals surface area (Å²) in [7, 11) is 1.46. The lowest BCUT2D eigenvalue weighted by Gasteiger charge is -2.24. The number of carbonyl (C=O) groups excluding carboxylic acids is 1. The summed E-state index contributed by atoms with van der Waals surface area (Å²) in [6.07, 6.45) is -0.189. The van der Waals surface area contributed by atoms with E-state index in [2.05, 4.69) is 15.6 Å². The molecule has 2 aromatic rings. The monoisotopic (exact) mass is 320 g/mol. The van der Waals surface area contributed by atoms with Crippen molar-refractivity contribution in [1.29, 1.82) is 0 Å². The summed E-state index contributed by atoms with van der Waals surface area (Å²) in [5, 5.41) is 11.0. The van der Waals surface area contributed by atoms with Crippen LogP contribution in [-0.4, -0.2) is 47.3 Å². The molecule has 1 N–H and O–H groups in total. The van der Waals surface area contributed by atoms with Crippen molar-refractivity contribution >= 4 is 5.91 Å². The van der Waals surface area contributed by atoms with Crippen molar-refractivity contribution in [1.82, 2.24) is 20.3 Å². The Hall–Kier alpha value is -2.32. The van der Waals surface area contributed by atoms with Crippen molar-refractivity contribution in [2.24, 2.45) is 0 Å². The van der Waals surface area contributed by atoms with E-state index < -0.39 is 0 Å². The molecule has 0 saturated heterocycles. The standard InChI is InChI=1S/C15H17FN4O3/c1-22-9-14(21)17-6-12-7-20-13(8-23-12)15(18-19-20)10-3-2-4-11(16)5-10/h2-5,12H,6-9H2,1H3,(H,17,21)/t12-/m0/s1. The Labute approximate surface area is 132 Å². The molecule has 1 aliphatic heterocycles. The summed E-state index contributed by atoms with van der Waals surface area (Å²) in [5.74, 6) is -0.513. The summed E-state index contributed by atoms with van der Waals surface area (Å²) in [5.41, 5.74) is 2.09. The first kappa shape index (κ1) is 15.6. The molecule has 122 valence electrons. The average Bonchev–Trinajstić information content (AvgIpc) is 2.96. The summed E-state index contributed by atoms with van der Waals surface area (Å²) in [6.45, 7) is 1.18. The van der Waals surface area contributed by atoms with Gasteiger partial charge in [-0.3, -0.25) is 4.79 Å². The van der Waals surface area contributed by atoms with Crippen LogP contribution in [0.15, 0.2) is 24.3 Å². The minimum atomic E-state index is -0.320. The Morgan fingerprint density at radius 2 is 2.43 bits per heavy atom. The minimum Gasteiger partial charge on any atom is -0.375 e. The number of halogens is 1. The number of amides is 1. The van der Waals surface area contributed by atoms with Crippen molar-refractivity contribution < 1.29 is 18.7 Å². The molecule has 7 nitrogen and oxygen atoms in total. The van der Waals surface area contributed by atoms with Crippen LogP contribution in [-0.2, 0) is 27.4 Å². The predicted octanol–water partition coefficient (Wildman–Crippen LogP) is 0.746. The van der Waals surface area contributed by atoms with Gasteiger partial charge in [0.15, 0.2) is 0 Å². The number of ether oxygens (including phenoxy) is 2. The summed E-state index contributed by atoms with van der Waals surface area (Å²) >= 11 is 0. The van der Waals surface area contributed by atoms with Gasteiger partial charge in [-0.25, -0.2) is 9.07 Å². The lowest BCUT2D eigenvalue weighted by molar-refractivity contribution is -0.125. The van der Waals surface area contributed by atoms with Crippen LogP contribution in [0.2, 0.25) is 0 Å². The minimum absolute atomic E-state index is 0.0189. The van der Waals surface area contributed by atoms with E-state index in [1.807, 2.05) is 0 Å². The van der Waals surface area contributed by atoms with E-state index in [-0.39, 0.29) is 24.4 Å². The quantitative estimate of drug-likeness (QED) is 0.879. The third-order valence-corrected chi connectivity index (χ3v) is 3.57. The van der Waals surface area contributed by atoms with Crippen LogP contribution in [0.5, 0.6) is 0 Å². The molecule has 0 bridgehead atoms. The van der Waals surface area contributed by atoms with Gasteiger partial charge in [-0.05, 0) is 12.1 Å². The molecule has 0 unspecified atom stereocenters. The Morgan fingerprint density at radius 3 is 3.22 bits per heavy atom. The molecule has 0 saturated carbocycles. The van der Waals surface area contributed by atoms with Crippen molar-refractivity contribution in [3.8, 4) is 11.3 Å². The van der Waals surface area contributed by atoms with Gasteiger partial charge in [0, 0.05) is 19.2 Å². The van der Waals surface area contributed by atoms with Crippen LogP contribution < -0.4 is 5.32 Å². The third-order valence-electron chi connectivity index (χ3n) is 3.57. The number of benzene rings is 1. The van der Waals surface area contributed by atoms with Crippen LogP contribution in [0, 0.1) is 5.82 Å². The normalized spacial score (nSPS) is 16.9. The largest absolute Gasteiger partial charge is 0.375 e. The lowest BCUT2D eigenvalue weighted by Crippen LogP contribution is -2.40. The molecule has 0 aliphatic carbocycles. The van der Waals surface area contributed by atoms with E-state index >= 15 is 0 Å². The second-order valence-corrected chi connectivity index (χ2v) is 5.25. The summed E-state index contributed by atoms with van der Waals surface area (Å²) in [4.78, 5) is 11.4. The van der Waals surface area contributed by atoms with Gasteiger partial charge in [-0.15, -0.1) is 5.10 Å². The van der Waals surface area contributed by atoms with Crippen LogP contribution in [0.1, 0.15) is 5.69 Å². The van der Waals surface area contributed by atoms with E-state index in [4.69, 9.17) is 9.47 Å². The number of fused-ring (bicyclic) bond motifs is 1. The topological polar surface area (TPSA) is 78.3 Å². The highest BCUT2D eigenvalue weighted by Gasteiger charge is 2.24. The van der Waals surface area contributed by atoms with Gasteiger partial charge in [0.25, 0.3) is 0 Å². The Morgan fingerprint density at radius 1 is 1.57 bits per heavy atom. The van der Waals surface area contributed by atoms with Crippen LogP contribution >= 0.6 is 0 Å². The smallest absolute Gasteiger partial charge is 0.246 e. The van der Waals surface area contributed by atoms with Crippen LogP contribution in [0.25, 0.3) is 11.3 Å². The zero-order valence-corrected chi connectivity index (χ0v) is 12.7. The van der Waals surface area contributed by atoms with E-state index in [0.29, 0.717) is 31.0 Å². The molecule has 1 atom stereocenters. The molecule has 8 heteroatoms. The highest BCUT2D eigenvalue weighted by atomic mass is 19.1. The van der Waals surface area contributed by atoms with Gasteiger partial charge in [0.1, 0.15) is 18.1 Å². The first-order valence-electron chi connectivity index (χ1n) is 7.23. The van der Waals surface area contributed by atoms with Crippen molar-refractivity contribution in [2.75, 3.05) is 20.3 Å². The van der Waals surface area contributed by atoms with Gasteiger partial charge in [0.05, 0.1) is 24.9 Å². The number of hydrogen-bond acceptors (Lipinski definition) is 5. The first-order valence-corrected chi connectivity index (χ1v) is 7.23. The number of nitrogens with one attached hydrogen (secondary N) is 1. The molecule has 23 heavy (non-hydrogen) atoms. The predicted molar refractivity (Wildman–Crippen MR) is 78.9 cm³/mol. The number of rotatable bonds is 5. The third kappa shape index (κ3) is 3.54. The molecule has 1 amide bonds. The number of hydrogen-bond donors (Lipinski definition) is 1. The fraction of sp³-hybridized carbons (Fsp3) is 0.400. The maximum Gasteiger partial charge on any atom is 0.246 e. The summed E-state index contributed by atoms with van der Waals surface area (Å²) in [6, 6.07) is 6.22. The zero-order chi connectivity index (χ0) is 16.2. The molecular weight excluding hydrogens is 303 g/mol. The van der Waals surface area contributed by atoms with Gasteiger partial charge < -0.3 is 14.8 Å². The van der Waals surface area contributed by atoms with Crippen molar-refractivity contribution in [3.63, 3.8) is 0 Å². The Kier molecular flexibility index (Phi) is 4.63. The maximum absolute atomic E-state index is 13.4. The van der Waals surface area contributed by atoms with Gasteiger partial charge in [0.2, 0.25) is 5.91 Å². The van der Waals surface area contributed by atoms with Crippen molar-refractivity contribution in [3.05, 3.63) is 35.8 Å². The van der Waals surface area contributed by atoms with E-state index in [1.54, 1.807) is 16.8 Å². The lowest BCUT2D eigenvalue weighted by atomic mass is 10.1. The maximum atomic E-state index is 13.4. The molecule has 2 heterocycles. The molecule has 3 rings (SSSR count). The first-order chi connectivity index (χ1) is 11.2. The number of carbonyl (C=O) groups is 1. The SMILES string of the molecule is COCC(=O)NC[C@H]1Cn2nnc(-c3cccc(F)c3)c2CO1. The highest BCUT2D eigenvalue weighted by Crippen LogP contribution is 2.25. The molecule has 0 radical (unpaired) electrons. The second kappa shape index (κ2) is 6.84. The fourth-order valence-corrected chi connectivity index (χ4v) is 2.46. The average molecular weight is 320 g/mol. The molecule has 1 aliphatic rings. The molecular formula is C15H17FN4O3. The van der Waals surface area contributed by atoms with Crippen LogP contribution in [0.3, 0.4) is 0 Å². The molecule has 0 spiro atoms. The van der Waals surface area contributed by atoms with E-state index in [1.165, 1.54) is 19.2 Å².